The highest BCUT2D eigenvalue weighted by molar-refractivity contribution is 7.89. The number of benzene rings is 2. The fourth-order valence-corrected chi connectivity index (χ4v) is 6.89. The number of piperazine rings is 1. The van der Waals surface area contributed by atoms with E-state index >= 15 is 0 Å². The van der Waals surface area contributed by atoms with E-state index in [1.54, 1.807) is 57.4 Å². The number of sulfonamides is 1. The van der Waals surface area contributed by atoms with Crippen LogP contribution in [0.1, 0.15) is 33.0 Å². The van der Waals surface area contributed by atoms with Crippen molar-refractivity contribution in [1.29, 1.82) is 0 Å². The molecule has 0 atom stereocenters. The average molecular weight is 570 g/mol. The highest BCUT2D eigenvalue weighted by atomic mass is 32.2. The molecule has 0 saturated carbocycles. The van der Waals surface area contributed by atoms with Gasteiger partial charge in [0.25, 0.3) is 5.91 Å². The number of amides is 1. The number of carbonyl (C=O) groups excluding carboxylic acids is 1. The molecular formula is C29H35N3O7S. The van der Waals surface area contributed by atoms with Crippen molar-refractivity contribution in [2.45, 2.75) is 31.7 Å². The van der Waals surface area contributed by atoms with Crippen LogP contribution < -0.4 is 19.1 Å². The zero-order valence-electron chi connectivity index (χ0n) is 23.5. The van der Waals surface area contributed by atoms with E-state index < -0.39 is 10.0 Å². The van der Waals surface area contributed by atoms with Gasteiger partial charge >= 0.3 is 0 Å². The largest absolute Gasteiger partial charge is 0.495 e. The minimum atomic E-state index is -3.78. The number of carbonyl (C=O) groups is 1. The standard InChI is InChI=1S/C29H35N3O7S/c1-19-14-24(20(2)39-19)29(33)31-12-10-30(11-13-31)25-17-23(6-7-26(25)36-3)40(34,35)32-9-8-21-15-27(37-4)28(38-5)16-22(21)18-32/h6-7,14-17H,8-13,18H2,1-5H3. The first-order chi connectivity index (χ1) is 19.2. The molecule has 1 amide bonds. The SMILES string of the molecule is COc1cc2c(cc1OC)CN(S(=O)(=O)c1ccc(OC)c(N3CCN(C(=O)c4cc(C)oc4C)CC3)c1)CC2. The van der Waals surface area contributed by atoms with E-state index in [1.807, 2.05) is 19.1 Å². The van der Waals surface area contributed by atoms with E-state index in [0.717, 1.165) is 11.1 Å². The quantitative estimate of drug-likeness (QED) is 0.425. The molecule has 0 spiro atoms. The summed E-state index contributed by atoms with van der Waals surface area (Å²) in [5, 5.41) is 0. The van der Waals surface area contributed by atoms with Crippen LogP contribution in [0, 0.1) is 13.8 Å². The molecule has 0 unspecified atom stereocenters. The number of rotatable bonds is 7. The van der Waals surface area contributed by atoms with Crippen LogP contribution in [0.3, 0.4) is 0 Å². The van der Waals surface area contributed by atoms with E-state index in [1.165, 1.54) is 4.31 Å². The lowest BCUT2D eigenvalue weighted by Gasteiger charge is -2.37. The van der Waals surface area contributed by atoms with Crippen molar-refractivity contribution in [3.05, 3.63) is 64.6 Å². The smallest absolute Gasteiger partial charge is 0.257 e. The van der Waals surface area contributed by atoms with Crippen LogP contribution >= 0.6 is 0 Å². The Hall–Kier alpha value is -3.70. The molecule has 2 aromatic carbocycles. The molecule has 1 aromatic heterocycles. The first-order valence-corrected chi connectivity index (χ1v) is 14.6. The zero-order valence-corrected chi connectivity index (χ0v) is 24.3. The number of ether oxygens (including phenoxy) is 3. The monoisotopic (exact) mass is 569 g/mol. The Morgan fingerprint density at radius 1 is 0.825 bits per heavy atom. The lowest BCUT2D eigenvalue weighted by Crippen LogP contribution is -2.49. The van der Waals surface area contributed by atoms with Crippen LogP contribution in [0.5, 0.6) is 17.2 Å². The Balaban J connectivity index is 1.35. The summed E-state index contributed by atoms with van der Waals surface area (Å²) in [5.41, 5.74) is 3.21. The van der Waals surface area contributed by atoms with E-state index in [2.05, 4.69) is 4.90 Å². The topological polar surface area (TPSA) is 102 Å². The second kappa shape index (κ2) is 11.1. The average Bonchev–Trinajstić information content (AvgIpc) is 3.32. The van der Waals surface area contributed by atoms with Crippen molar-refractivity contribution in [3.63, 3.8) is 0 Å². The summed E-state index contributed by atoms with van der Waals surface area (Å²) in [6.07, 6.45) is 0.573. The lowest BCUT2D eigenvalue weighted by atomic mass is 10.0. The maximum Gasteiger partial charge on any atom is 0.257 e. The summed E-state index contributed by atoms with van der Waals surface area (Å²) in [6.45, 7) is 6.30. The molecule has 3 aromatic rings. The Bertz CT molecular complexity index is 1520. The Labute approximate surface area is 235 Å². The van der Waals surface area contributed by atoms with Gasteiger partial charge < -0.3 is 28.4 Å². The van der Waals surface area contributed by atoms with Crippen molar-refractivity contribution < 1.29 is 31.8 Å². The fraction of sp³-hybridized carbons (Fsp3) is 0.414. The molecular weight excluding hydrogens is 534 g/mol. The van der Waals surface area contributed by atoms with E-state index in [0.29, 0.717) is 79.2 Å². The Kier molecular flexibility index (Phi) is 7.70. The van der Waals surface area contributed by atoms with Crippen LogP contribution in [0.15, 0.2) is 45.7 Å². The van der Waals surface area contributed by atoms with Gasteiger partial charge in [0, 0.05) is 39.3 Å². The molecule has 5 rings (SSSR count). The second-order valence-electron chi connectivity index (χ2n) is 10.0. The fourth-order valence-electron chi connectivity index (χ4n) is 5.45. The molecule has 1 saturated heterocycles. The van der Waals surface area contributed by atoms with Gasteiger partial charge in [0.05, 0.1) is 37.5 Å². The van der Waals surface area contributed by atoms with Crippen molar-refractivity contribution >= 4 is 21.6 Å². The van der Waals surface area contributed by atoms with Gasteiger partial charge in [0.1, 0.15) is 17.3 Å². The maximum atomic E-state index is 13.8. The van der Waals surface area contributed by atoms with Gasteiger partial charge in [0.2, 0.25) is 10.0 Å². The van der Waals surface area contributed by atoms with Gasteiger partial charge in [-0.2, -0.15) is 4.31 Å². The molecule has 0 aliphatic carbocycles. The molecule has 214 valence electrons. The second-order valence-corrected chi connectivity index (χ2v) is 11.9. The number of methoxy groups -OCH3 is 3. The van der Waals surface area contributed by atoms with Crippen molar-refractivity contribution in [1.82, 2.24) is 9.21 Å². The van der Waals surface area contributed by atoms with E-state index in [9.17, 15) is 13.2 Å². The summed E-state index contributed by atoms with van der Waals surface area (Å²) in [4.78, 5) is 17.1. The minimum Gasteiger partial charge on any atom is -0.495 e. The molecule has 0 radical (unpaired) electrons. The zero-order chi connectivity index (χ0) is 28.6. The van der Waals surface area contributed by atoms with E-state index in [4.69, 9.17) is 18.6 Å². The minimum absolute atomic E-state index is 0.0584. The van der Waals surface area contributed by atoms with Crippen molar-refractivity contribution in [3.8, 4) is 17.2 Å². The summed E-state index contributed by atoms with van der Waals surface area (Å²) < 4.78 is 51.1. The summed E-state index contributed by atoms with van der Waals surface area (Å²) in [7, 11) is 0.937. The first kappa shape index (κ1) is 27.9. The number of aryl methyl sites for hydroxylation is 2. The molecule has 3 heterocycles. The number of hydrogen-bond acceptors (Lipinski definition) is 8. The molecule has 0 N–H and O–H groups in total. The Morgan fingerprint density at radius 3 is 2.08 bits per heavy atom. The molecule has 11 heteroatoms. The number of furan rings is 1. The number of fused-ring (bicyclic) bond motifs is 1. The van der Waals surface area contributed by atoms with Crippen molar-refractivity contribution in [2.24, 2.45) is 0 Å². The summed E-state index contributed by atoms with van der Waals surface area (Å²) in [6, 6.07) is 10.5. The Morgan fingerprint density at radius 2 is 1.48 bits per heavy atom. The maximum absolute atomic E-state index is 13.8. The molecule has 2 aliphatic rings. The van der Waals surface area contributed by atoms with Gasteiger partial charge in [-0.05, 0) is 67.8 Å². The molecule has 1 fully saturated rings. The third-order valence-electron chi connectivity index (χ3n) is 7.65. The number of nitrogens with zero attached hydrogens (tertiary/aromatic N) is 3. The highest BCUT2D eigenvalue weighted by Gasteiger charge is 2.32. The van der Waals surface area contributed by atoms with Gasteiger partial charge in [-0.1, -0.05) is 0 Å². The third-order valence-corrected chi connectivity index (χ3v) is 9.49. The van der Waals surface area contributed by atoms with Crippen LogP contribution in [0.4, 0.5) is 5.69 Å². The summed E-state index contributed by atoms with van der Waals surface area (Å²) >= 11 is 0. The summed E-state index contributed by atoms with van der Waals surface area (Å²) in [5.74, 6) is 3.05. The predicted molar refractivity (Wildman–Crippen MR) is 150 cm³/mol. The van der Waals surface area contributed by atoms with Crippen LogP contribution in [-0.2, 0) is 23.0 Å². The van der Waals surface area contributed by atoms with Gasteiger partial charge in [0.15, 0.2) is 11.5 Å². The molecule has 2 aliphatic heterocycles. The molecule has 0 bridgehead atoms. The van der Waals surface area contributed by atoms with Gasteiger partial charge in [-0.15, -0.1) is 0 Å². The number of hydrogen-bond donors (Lipinski definition) is 0. The van der Waals surface area contributed by atoms with Gasteiger partial charge in [-0.25, -0.2) is 8.42 Å². The third kappa shape index (κ3) is 5.11. The van der Waals surface area contributed by atoms with Gasteiger partial charge in [-0.3, -0.25) is 4.79 Å². The first-order valence-electron chi connectivity index (χ1n) is 13.2. The highest BCUT2D eigenvalue weighted by Crippen LogP contribution is 2.37. The van der Waals surface area contributed by atoms with Crippen LogP contribution in [0.2, 0.25) is 0 Å². The van der Waals surface area contributed by atoms with Crippen molar-refractivity contribution in [2.75, 3.05) is 59.0 Å². The van der Waals surface area contributed by atoms with Crippen LogP contribution in [-0.4, -0.2) is 77.6 Å². The van der Waals surface area contributed by atoms with E-state index in [-0.39, 0.29) is 17.3 Å². The molecule has 40 heavy (non-hydrogen) atoms. The normalized spacial score (nSPS) is 16.0. The molecule has 10 nitrogen and oxygen atoms in total. The number of anilines is 1. The van der Waals surface area contributed by atoms with Crippen LogP contribution in [0.25, 0.3) is 0 Å². The lowest BCUT2D eigenvalue weighted by molar-refractivity contribution is 0.0745. The predicted octanol–water partition coefficient (Wildman–Crippen LogP) is 3.63.